The van der Waals surface area contributed by atoms with E-state index < -0.39 is 5.41 Å². The standard InChI is InChI=1S/C12H17NO2.C9H19NO/c1-12(2,3)11(15)13-8-9-6-4-5-7-10(9)14;1-6-7(2)10-8(11)9(3,4)5/h4-7,14H,8H2,1-3H3,(H,13,15);7H,6H2,1-5H3,(H,10,11). The van der Waals surface area contributed by atoms with Gasteiger partial charge in [-0.25, -0.2) is 0 Å². The summed E-state index contributed by atoms with van der Waals surface area (Å²) in [5, 5.41) is 15.2. The molecule has 3 N–H and O–H groups in total. The predicted octanol–water partition coefficient (Wildman–Crippen LogP) is 4.00. The number of aromatic hydroxyl groups is 1. The zero-order valence-electron chi connectivity index (χ0n) is 17.6. The minimum atomic E-state index is -0.398. The zero-order chi connectivity index (χ0) is 20.5. The van der Waals surface area contributed by atoms with Crippen molar-refractivity contribution in [1.29, 1.82) is 0 Å². The van der Waals surface area contributed by atoms with Crippen LogP contribution < -0.4 is 10.6 Å². The maximum absolute atomic E-state index is 11.6. The van der Waals surface area contributed by atoms with Gasteiger partial charge in [-0.3, -0.25) is 9.59 Å². The second-order valence-corrected chi connectivity index (χ2v) is 8.59. The maximum Gasteiger partial charge on any atom is 0.225 e. The van der Waals surface area contributed by atoms with Gasteiger partial charge in [-0.15, -0.1) is 0 Å². The minimum absolute atomic E-state index is 0.0225. The lowest BCUT2D eigenvalue weighted by Gasteiger charge is -2.20. The van der Waals surface area contributed by atoms with E-state index >= 15 is 0 Å². The van der Waals surface area contributed by atoms with E-state index in [2.05, 4.69) is 17.6 Å². The molecule has 0 heterocycles. The fraction of sp³-hybridized carbons (Fsp3) is 0.619. The minimum Gasteiger partial charge on any atom is -0.508 e. The lowest BCUT2D eigenvalue weighted by molar-refractivity contribution is -0.129. The number of phenols is 1. The Balaban J connectivity index is 0.000000508. The third-order valence-electron chi connectivity index (χ3n) is 3.78. The van der Waals surface area contributed by atoms with Crippen molar-refractivity contribution in [2.24, 2.45) is 10.8 Å². The van der Waals surface area contributed by atoms with Crippen LogP contribution in [0.15, 0.2) is 24.3 Å². The Morgan fingerprint density at radius 1 is 1.00 bits per heavy atom. The van der Waals surface area contributed by atoms with Crippen LogP contribution in [0.4, 0.5) is 0 Å². The predicted molar refractivity (Wildman–Crippen MR) is 107 cm³/mol. The first-order chi connectivity index (χ1) is 11.8. The molecule has 26 heavy (non-hydrogen) atoms. The highest BCUT2D eigenvalue weighted by Gasteiger charge is 2.22. The van der Waals surface area contributed by atoms with Crippen molar-refractivity contribution in [3.8, 4) is 5.75 Å². The lowest BCUT2D eigenvalue weighted by atomic mass is 9.95. The normalized spacial score (nSPS) is 12.5. The summed E-state index contributed by atoms with van der Waals surface area (Å²) in [7, 11) is 0. The Morgan fingerprint density at radius 2 is 1.50 bits per heavy atom. The van der Waals surface area contributed by atoms with Gasteiger partial charge in [0.05, 0.1) is 0 Å². The van der Waals surface area contributed by atoms with Gasteiger partial charge in [0.15, 0.2) is 0 Å². The molecule has 5 nitrogen and oxygen atoms in total. The molecule has 1 atom stereocenters. The highest BCUT2D eigenvalue weighted by atomic mass is 16.3. The fourth-order valence-corrected chi connectivity index (χ4v) is 1.64. The Labute approximate surface area is 158 Å². The van der Waals surface area contributed by atoms with Gasteiger partial charge < -0.3 is 15.7 Å². The Hall–Kier alpha value is -2.04. The van der Waals surface area contributed by atoms with E-state index in [0.29, 0.717) is 12.6 Å². The van der Waals surface area contributed by atoms with Crippen LogP contribution in [-0.2, 0) is 16.1 Å². The molecule has 1 aromatic carbocycles. The van der Waals surface area contributed by atoms with Gasteiger partial charge in [0.1, 0.15) is 5.75 Å². The van der Waals surface area contributed by atoms with Gasteiger partial charge in [0.25, 0.3) is 0 Å². The quantitative estimate of drug-likeness (QED) is 0.755. The number of amides is 2. The van der Waals surface area contributed by atoms with Crippen molar-refractivity contribution in [3.05, 3.63) is 29.8 Å². The Kier molecular flexibility index (Phi) is 9.39. The van der Waals surface area contributed by atoms with Gasteiger partial charge in [-0.2, -0.15) is 0 Å². The fourth-order valence-electron chi connectivity index (χ4n) is 1.64. The third kappa shape index (κ3) is 9.44. The van der Waals surface area contributed by atoms with Gasteiger partial charge in [0.2, 0.25) is 11.8 Å². The van der Waals surface area contributed by atoms with Crippen molar-refractivity contribution in [1.82, 2.24) is 10.6 Å². The molecular weight excluding hydrogens is 328 g/mol. The maximum atomic E-state index is 11.6. The smallest absolute Gasteiger partial charge is 0.225 e. The summed E-state index contributed by atoms with van der Waals surface area (Å²) in [5.41, 5.74) is 0.0727. The van der Waals surface area contributed by atoms with Crippen LogP contribution in [0.1, 0.15) is 67.4 Å². The average molecular weight is 365 g/mol. The second-order valence-electron chi connectivity index (χ2n) is 8.59. The first-order valence-corrected chi connectivity index (χ1v) is 9.15. The monoisotopic (exact) mass is 364 g/mol. The number of phenolic OH excluding ortho intramolecular Hbond substituents is 1. The Morgan fingerprint density at radius 3 is 1.92 bits per heavy atom. The number of nitrogens with one attached hydrogen (secondary N) is 2. The molecule has 1 aromatic rings. The molecule has 0 aliphatic carbocycles. The van der Waals surface area contributed by atoms with Crippen LogP contribution >= 0.6 is 0 Å². The summed E-state index contributed by atoms with van der Waals surface area (Å²) in [4.78, 5) is 22.9. The number of carbonyl (C=O) groups excluding carboxylic acids is 2. The molecule has 0 spiro atoms. The van der Waals surface area contributed by atoms with Crippen LogP contribution in [0.2, 0.25) is 0 Å². The number of carbonyl (C=O) groups is 2. The molecule has 148 valence electrons. The van der Waals surface area contributed by atoms with E-state index in [0.717, 1.165) is 12.0 Å². The highest BCUT2D eigenvalue weighted by molar-refractivity contribution is 5.81. The molecule has 0 fully saturated rings. The summed E-state index contributed by atoms with van der Waals surface area (Å²) >= 11 is 0. The molecule has 1 unspecified atom stereocenters. The van der Waals surface area contributed by atoms with Crippen LogP contribution in [0, 0.1) is 10.8 Å². The molecule has 0 saturated carbocycles. The van der Waals surface area contributed by atoms with E-state index in [4.69, 9.17) is 0 Å². The summed E-state index contributed by atoms with van der Waals surface area (Å²) < 4.78 is 0. The molecule has 0 aromatic heterocycles. The third-order valence-corrected chi connectivity index (χ3v) is 3.78. The van der Waals surface area contributed by atoms with Crippen molar-refractivity contribution in [2.75, 3.05) is 0 Å². The number of benzene rings is 1. The Bertz CT molecular complexity index is 584. The average Bonchev–Trinajstić information content (AvgIpc) is 2.52. The second kappa shape index (κ2) is 10.2. The number of rotatable bonds is 4. The number of para-hydroxylation sites is 1. The molecule has 2 amide bonds. The lowest BCUT2D eigenvalue weighted by Crippen LogP contribution is -2.39. The van der Waals surface area contributed by atoms with Crippen molar-refractivity contribution in [3.63, 3.8) is 0 Å². The van der Waals surface area contributed by atoms with E-state index in [1.165, 1.54) is 0 Å². The van der Waals surface area contributed by atoms with Crippen LogP contribution in [0.5, 0.6) is 5.75 Å². The van der Waals surface area contributed by atoms with Gasteiger partial charge >= 0.3 is 0 Å². The summed E-state index contributed by atoms with van der Waals surface area (Å²) in [6.07, 6.45) is 0.988. The van der Waals surface area contributed by atoms with Gasteiger partial charge in [-0.1, -0.05) is 66.7 Å². The van der Waals surface area contributed by atoms with E-state index in [9.17, 15) is 14.7 Å². The summed E-state index contributed by atoms with van der Waals surface area (Å²) in [6.45, 7) is 15.8. The molecule has 0 bridgehead atoms. The zero-order valence-corrected chi connectivity index (χ0v) is 17.6. The molecular formula is C21H36N2O3. The van der Waals surface area contributed by atoms with Crippen LogP contribution in [0.25, 0.3) is 0 Å². The molecule has 0 saturated heterocycles. The molecule has 0 aliphatic rings. The summed E-state index contributed by atoms with van der Waals surface area (Å²) in [5.74, 6) is 0.323. The van der Waals surface area contributed by atoms with Crippen LogP contribution in [-0.4, -0.2) is 23.0 Å². The first-order valence-electron chi connectivity index (χ1n) is 9.15. The van der Waals surface area contributed by atoms with Crippen molar-refractivity contribution >= 4 is 11.8 Å². The SMILES string of the molecule is CC(C)(C)C(=O)NCc1ccccc1O.CCC(C)NC(=O)C(C)(C)C. The number of hydrogen-bond acceptors (Lipinski definition) is 3. The molecule has 5 heteroatoms. The van der Waals surface area contributed by atoms with Crippen LogP contribution in [0.3, 0.4) is 0 Å². The molecule has 0 aliphatic heterocycles. The highest BCUT2D eigenvalue weighted by Crippen LogP contribution is 2.17. The topological polar surface area (TPSA) is 78.4 Å². The van der Waals surface area contributed by atoms with E-state index in [-0.39, 0.29) is 23.0 Å². The largest absolute Gasteiger partial charge is 0.508 e. The van der Waals surface area contributed by atoms with E-state index in [1.54, 1.807) is 18.2 Å². The van der Waals surface area contributed by atoms with Crippen molar-refractivity contribution in [2.45, 2.75) is 74.4 Å². The summed E-state index contributed by atoms with van der Waals surface area (Å²) in [6, 6.07) is 7.28. The number of hydrogen-bond donors (Lipinski definition) is 3. The molecule has 1 rings (SSSR count). The van der Waals surface area contributed by atoms with Gasteiger partial charge in [0, 0.05) is 29.0 Å². The van der Waals surface area contributed by atoms with E-state index in [1.807, 2.05) is 54.5 Å². The van der Waals surface area contributed by atoms with Gasteiger partial charge in [-0.05, 0) is 19.4 Å². The first kappa shape index (κ1) is 24.0. The molecule has 0 radical (unpaired) electrons. The van der Waals surface area contributed by atoms with Crippen molar-refractivity contribution < 1.29 is 14.7 Å².